The van der Waals surface area contributed by atoms with Crippen molar-refractivity contribution in [1.29, 1.82) is 0 Å². The molecule has 32 heavy (non-hydrogen) atoms. The number of nitrogens with zero attached hydrogens (tertiary/aromatic N) is 5. The van der Waals surface area contributed by atoms with Crippen molar-refractivity contribution < 1.29 is 22.9 Å². The molecule has 2 aromatic heterocycles. The fraction of sp³-hybridized carbons (Fsp3) is 0.0500. The third-order valence-corrected chi connectivity index (χ3v) is 4.47. The van der Waals surface area contributed by atoms with Crippen LogP contribution in [0.25, 0.3) is 11.4 Å². The van der Waals surface area contributed by atoms with Crippen LogP contribution in [0.5, 0.6) is 0 Å². The fourth-order valence-corrected chi connectivity index (χ4v) is 2.93. The SMILES string of the molecule is O=C(Nc1cc(C(F)(F)F)ccc1-n1cccn1)c1ccn(-c2ccc([N+](=O)[O-])cc2)n1. The predicted octanol–water partition coefficient (Wildman–Crippen LogP) is 4.24. The number of alkyl halides is 3. The second-order valence-electron chi connectivity index (χ2n) is 6.55. The molecular weight excluding hydrogens is 429 g/mol. The molecule has 4 aromatic rings. The smallest absolute Gasteiger partial charge is 0.319 e. The highest BCUT2D eigenvalue weighted by Gasteiger charge is 2.31. The summed E-state index contributed by atoms with van der Waals surface area (Å²) in [6, 6.07) is 11.4. The first kappa shape index (κ1) is 20.8. The zero-order chi connectivity index (χ0) is 22.9. The average Bonchev–Trinajstić information content (AvgIpc) is 3.45. The van der Waals surface area contributed by atoms with Gasteiger partial charge in [0, 0.05) is 30.7 Å². The van der Waals surface area contributed by atoms with Crippen LogP contribution in [-0.2, 0) is 6.18 Å². The number of halogens is 3. The third-order valence-electron chi connectivity index (χ3n) is 4.47. The maximum Gasteiger partial charge on any atom is 0.416 e. The van der Waals surface area contributed by atoms with Crippen molar-refractivity contribution in [2.24, 2.45) is 0 Å². The maximum absolute atomic E-state index is 13.2. The average molecular weight is 442 g/mol. The van der Waals surface area contributed by atoms with Gasteiger partial charge in [-0.15, -0.1) is 0 Å². The van der Waals surface area contributed by atoms with Gasteiger partial charge in [0.2, 0.25) is 0 Å². The number of hydrogen-bond donors (Lipinski definition) is 1. The van der Waals surface area contributed by atoms with Crippen LogP contribution < -0.4 is 5.32 Å². The second kappa shape index (κ2) is 7.98. The van der Waals surface area contributed by atoms with Gasteiger partial charge < -0.3 is 5.32 Å². The Bertz CT molecular complexity index is 1280. The summed E-state index contributed by atoms with van der Waals surface area (Å²) >= 11 is 0. The van der Waals surface area contributed by atoms with Crippen LogP contribution in [0.1, 0.15) is 16.1 Å². The van der Waals surface area contributed by atoms with E-state index in [4.69, 9.17) is 0 Å². The molecule has 2 aromatic carbocycles. The van der Waals surface area contributed by atoms with Crippen molar-refractivity contribution in [3.05, 3.63) is 94.6 Å². The van der Waals surface area contributed by atoms with Gasteiger partial charge in [-0.25, -0.2) is 9.36 Å². The van der Waals surface area contributed by atoms with Crippen molar-refractivity contribution >= 4 is 17.3 Å². The van der Waals surface area contributed by atoms with Gasteiger partial charge in [0.15, 0.2) is 5.69 Å². The fourth-order valence-electron chi connectivity index (χ4n) is 2.93. The summed E-state index contributed by atoms with van der Waals surface area (Å²) in [5, 5.41) is 21.3. The van der Waals surface area contributed by atoms with Crippen LogP contribution in [0.3, 0.4) is 0 Å². The Labute approximate surface area is 177 Å². The molecule has 0 saturated heterocycles. The minimum atomic E-state index is -4.60. The Kier molecular flexibility index (Phi) is 5.18. The number of carbonyl (C=O) groups is 1. The molecule has 0 unspecified atom stereocenters. The first-order chi connectivity index (χ1) is 15.2. The van der Waals surface area contributed by atoms with E-state index in [2.05, 4.69) is 15.5 Å². The molecule has 1 N–H and O–H groups in total. The van der Waals surface area contributed by atoms with Gasteiger partial charge in [-0.3, -0.25) is 14.9 Å². The van der Waals surface area contributed by atoms with Crippen molar-refractivity contribution in [2.45, 2.75) is 6.18 Å². The number of nitro benzene ring substituents is 1. The zero-order valence-electron chi connectivity index (χ0n) is 16.0. The molecule has 0 bridgehead atoms. The standard InChI is InChI=1S/C20H13F3N6O3/c21-20(22,23)13-2-7-18(28-10-1-9-24-28)17(12-13)25-19(30)16-8-11-27(26-16)14-3-5-15(6-4-14)29(31)32/h1-12H,(H,25,30). The quantitative estimate of drug-likeness (QED) is 0.368. The molecule has 9 nitrogen and oxygen atoms in total. The number of rotatable bonds is 5. The Balaban J connectivity index is 1.62. The molecule has 0 aliphatic carbocycles. The molecule has 0 radical (unpaired) electrons. The first-order valence-corrected chi connectivity index (χ1v) is 9.05. The summed E-state index contributed by atoms with van der Waals surface area (Å²) in [6.45, 7) is 0. The third kappa shape index (κ3) is 4.19. The second-order valence-corrected chi connectivity index (χ2v) is 6.55. The molecule has 0 aliphatic rings. The van der Waals surface area contributed by atoms with E-state index < -0.39 is 22.6 Å². The van der Waals surface area contributed by atoms with Crippen LogP contribution in [0.2, 0.25) is 0 Å². The van der Waals surface area contributed by atoms with Crippen molar-refractivity contribution in [3.63, 3.8) is 0 Å². The lowest BCUT2D eigenvalue weighted by Crippen LogP contribution is -2.16. The van der Waals surface area contributed by atoms with Crippen molar-refractivity contribution in [3.8, 4) is 11.4 Å². The number of nitro groups is 1. The molecule has 0 aliphatic heterocycles. The van der Waals surface area contributed by atoms with Gasteiger partial charge in [0.05, 0.1) is 27.5 Å². The highest BCUT2D eigenvalue weighted by atomic mass is 19.4. The molecule has 162 valence electrons. The molecule has 0 fully saturated rings. The first-order valence-electron chi connectivity index (χ1n) is 9.05. The van der Waals surface area contributed by atoms with Gasteiger partial charge in [-0.1, -0.05) is 0 Å². The highest BCUT2D eigenvalue weighted by molar-refractivity contribution is 6.04. The normalized spacial score (nSPS) is 11.3. The van der Waals surface area contributed by atoms with Crippen LogP contribution in [0.4, 0.5) is 24.5 Å². The van der Waals surface area contributed by atoms with E-state index >= 15 is 0 Å². The predicted molar refractivity (Wildman–Crippen MR) is 107 cm³/mol. The minimum absolute atomic E-state index is 0.0628. The summed E-state index contributed by atoms with van der Waals surface area (Å²) in [5.74, 6) is -0.738. The van der Waals surface area contributed by atoms with Crippen LogP contribution in [0, 0.1) is 10.1 Å². The minimum Gasteiger partial charge on any atom is -0.319 e. The van der Waals surface area contributed by atoms with Gasteiger partial charge in [-0.05, 0) is 42.5 Å². The number of nitrogens with one attached hydrogen (secondary N) is 1. The number of amides is 1. The van der Waals surface area contributed by atoms with Gasteiger partial charge in [0.1, 0.15) is 0 Å². The van der Waals surface area contributed by atoms with Crippen LogP contribution in [-0.4, -0.2) is 30.4 Å². The van der Waals surface area contributed by atoms with Gasteiger partial charge in [-0.2, -0.15) is 23.4 Å². The van der Waals surface area contributed by atoms with E-state index in [-0.39, 0.29) is 22.8 Å². The largest absolute Gasteiger partial charge is 0.416 e. The van der Waals surface area contributed by atoms with E-state index in [0.29, 0.717) is 5.69 Å². The monoisotopic (exact) mass is 442 g/mol. The van der Waals surface area contributed by atoms with E-state index in [9.17, 15) is 28.1 Å². The summed E-state index contributed by atoms with van der Waals surface area (Å²) in [6.07, 6.45) is -0.160. The molecular formula is C20H13F3N6O3. The molecule has 2 heterocycles. The van der Waals surface area contributed by atoms with Crippen LogP contribution in [0.15, 0.2) is 73.2 Å². The Morgan fingerprint density at radius 3 is 2.41 bits per heavy atom. The van der Waals surface area contributed by atoms with Crippen LogP contribution >= 0.6 is 0 Å². The molecule has 0 saturated carbocycles. The van der Waals surface area contributed by atoms with Gasteiger partial charge in [0.25, 0.3) is 11.6 Å². The Hall–Kier alpha value is -4.48. The Morgan fingerprint density at radius 1 is 1.03 bits per heavy atom. The van der Waals surface area contributed by atoms with Gasteiger partial charge >= 0.3 is 6.18 Å². The molecule has 4 rings (SSSR count). The number of hydrogen-bond acceptors (Lipinski definition) is 5. The van der Waals surface area contributed by atoms with E-state index in [0.717, 1.165) is 12.1 Å². The lowest BCUT2D eigenvalue weighted by atomic mass is 10.1. The summed E-state index contributed by atoms with van der Waals surface area (Å²) < 4.78 is 42.2. The number of benzene rings is 2. The Morgan fingerprint density at radius 2 is 1.78 bits per heavy atom. The number of non-ortho nitro benzene ring substituents is 1. The highest BCUT2D eigenvalue weighted by Crippen LogP contribution is 2.33. The van der Waals surface area contributed by atoms with Crippen molar-refractivity contribution in [1.82, 2.24) is 19.6 Å². The summed E-state index contributed by atoms with van der Waals surface area (Å²) in [7, 11) is 0. The molecule has 0 atom stereocenters. The van der Waals surface area contributed by atoms with E-state index in [1.165, 1.54) is 64.4 Å². The lowest BCUT2D eigenvalue weighted by Gasteiger charge is -2.14. The number of anilines is 1. The zero-order valence-corrected chi connectivity index (χ0v) is 16.0. The maximum atomic E-state index is 13.2. The number of aromatic nitrogens is 4. The lowest BCUT2D eigenvalue weighted by molar-refractivity contribution is -0.384. The van der Waals surface area contributed by atoms with E-state index in [1.54, 1.807) is 6.07 Å². The topological polar surface area (TPSA) is 108 Å². The summed E-state index contributed by atoms with van der Waals surface area (Å²) in [5.41, 5.74) is -0.489. The van der Waals surface area contributed by atoms with Crippen molar-refractivity contribution in [2.75, 3.05) is 5.32 Å². The molecule has 0 spiro atoms. The van der Waals surface area contributed by atoms with E-state index in [1.807, 2.05) is 0 Å². The summed E-state index contributed by atoms with van der Waals surface area (Å²) in [4.78, 5) is 22.9. The molecule has 12 heteroatoms. The molecule has 1 amide bonds. The number of carbonyl (C=O) groups excluding carboxylic acids is 1.